The first-order valence-corrected chi connectivity index (χ1v) is 16.3. The van der Waals surface area contributed by atoms with Crippen LogP contribution >= 0.6 is 0 Å². The van der Waals surface area contributed by atoms with E-state index in [1.165, 1.54) is 55.5 Å². The number of hydrogen-bond donors (Lipinski definition) is 11. The van der Waals surface area contributed by atoms with Crippen LogP contribution in [0.15, 0.2) is 79.0 Å². The lowest BCUT2D eigenvalue weighted by molar-refractivity contribution is -0.143. The highest BCUT2D eigenvalue weighted by molar-refractivity contribution is 5.96. The van der Waals surface area contributed by atoms with E-state index in [0.29, 0.717) is 16.7 Å². The van der Waals surface area contributed by atoms with Gasteiger partial charge in [-0.25, -0.2) is 4.79 Å². The molecule has 0 radical (unpaired) electrons. The molecule has 12 N–H and O–H groups in total. The zero-order valence-corrected chi connectivity index (χ0v) is 28.2. The molecule has 0 unspecified atom stereocenters. The number of carboxylic acid groups (broad SMARTS) is 1. The van der Waals surface area contributed by atoms with Gasteiger partial charge in [-0.3, -0.25) is 19.2 Å². The fourth-order valence-electron chi connectivity index (χ4n) is 5.37. The molecule has 1 aromatic heterocycles. The molecule has 16 heteroatoms. The second kappa shape index (κ2) is 17.8. The van der Waals surface area contributed by atoms with Crippen LogP contribution in [0.3, 0.4) is 0 Å². The largest absolute Gasteiger partial charge is 0.508 e. The number of aromatic amines is 1. The van der Waals surface area contributed by atoms with E-state index in [1.54, 1.807) is 24.4 Å². The molecule has 16 nitrogen and oxygen atoms in total. The average Bonchev–Trinajstić information content (AvgIpc) is 3.53. The molecule has 6 atom stereocenters. The molecule has 0 bridgehead atoms. The molecule has 0 fully saturated rings. The lowest BCUT2D eigenvalue weighted by Gasteiger charge is -2.27. The van der Waals surface area contributed by atoms with Crippen molar-refractivity contribution >= 4 is 40.5 Å². The first-order valence-electron chi connectivity index (χ1n) is 16.3. The summed E-state index contributed by atoms with van der Waals surface area (Å²) in [5.74, 6) is -5.03. The number of aromatic nitrogens is 1. The molecule has 0 saturated heterocycles. The number of aliphatic hydroxyl groups is 2. The maximum absolute atomic E-state index is 14.1. The van der Waals surface area contributed by atoms with Crippen molar-refractivity contribution in [2.45, 2.75) is 62.5 Å². The predicted molar refractivity (Wildman–Crippen MR) is 188 cm³/mol. The van der Waals surface area contributed by atoms with Gasteiger partial charge in [0, 0.05) is 36.4 Å². The number of carbonyl (C=O) groups excluding carboxylic acids is 4. The molecule has 52 heavy (non-hydrogen) atoms. The second-order valence-corrected chi connectivity index (χ2v) is 12.3. The first-order chi connectivity index (χ1) is 24.7. The molecule has 4 aromatic rings. The van der Waals surface area contributed by atoms with Gasteiger partial charge in [-0.05, 0) is 53.9 Å². The smallest absolute Gasteiger partial charge is 0.328 e. The first kappa shape index (κ1) is 38.8. The number of rotatable bonds is 17. The molecular formula is C36H42N6O10. The fraction of sp³-hybridized carbons (Fsp3) is 0.306. The minimum Gasteiger partial charge on any atom is -0.508 e. The van der Waals surface area contributed by atoms with Crippen LogP contribution < -0.4 is 27.0 Å². The van der Waals surface area contributed by atoms with E-state index in [9.17, 15) is 49.5 Å². The van der Waals surface area contributed by atoms with Crippen LogP contribution in [0.2, 0.25) is 0 Å². The monoisotopic (exact) mass is 718 g/mol. The lowest BCUT2D eigenvalue weighted by Crippen LogP contribution is -2.60. The van der Waals surface area contributed by atoms with E-state index in [2.05, 4.69) is 26.3 Å². The summed E-state index contributed by atoms with van der Waals surface area (Å²) in [6.07, 6.45) is 0.0114. The number of nitrogens with one attached hydrogen (secondary N) is 5. The van der Waals surface area contributed by atoms with Gasteiger partial charge in [-0.15, -0.1) is 0 Å². The van der Waals surface area contributed by atoms with Crippen molar-refractivity contribution in [2.75, 3.05) is 6.61 Å². The van der Waals surface area contributed by atoms with Crippen LogP contribution in [-0.2, 0) is 43.2 Å². The maximum Gasteiger partial charge on any atom is 0.328 e. The van der Waals surface area contributed by atoms with Gasteiger partial charge in [0.2, 0.25) is 23.6 Å². The summed E-state index contributed by atoms with van der Waals surface area (Å²) >= 11 is 0. The number of carboxylic acids is 1. The van der Waals surface area contributed by atoms with Crippen molar-refractivity contribution in [2.24, 2.45) is 5.73 Å². The topological polar surface area (TPSA) is 276 Å². The Balaban J connectivity index is 1.66. The molecular weight excluding hydrogens is 676 g/mol. The highest BCUT2D eigenvalue weighted by atomic mass is 16.4. The molecule has 0 aliphatic carbocycles. The van der Waals surface area contributed by atoms with E-state index in [-0.39, 0.29) is 30.8 Å². The maximum atomic E-state index is 14.1. The number of benzene rings is 3. The number of phenols is 2. The average molecular weight is 719 g/mol. The van der Waals surface area contributed by atoms with Gasteiger partial charge in [0.25, 0.3) is 0 Å². The Kier molecular flexibility index (Phi) is 13.3. The van der Waals surface area contributed by atoms with Crippen LogP contribution in [0, 0.1) is 0 Å². The third kappa shape index (κ3) is 10.5. The van der Waals surface area contributed by atoms with Crippen molar-refractivity contribution in [1.82, 2.24) is 26.3 Å². The van der Waals surface area contributed by atoms with Crippen LogP contribution in [0.5, 0.6) is 11.5 Å². The number of aliphatic carboxylic acids is 1. The Hall–Kier alpha value is -5.97. The number of para-hydroxylation sites is 1. The van der Waals surface area contributed by atoms with E-state index in [0.717, 1.165) is 10.9 Å². The zero-order valence-electron chi connectivity index (χ0n) is 28.2. The normalized spacial score (nSPS) is 14.6. The minimum atomic E-state index is -1.67. The number of carbonyl (C=O) groups is 5. The number of aliphatic hydroxyl groups excluding tert-OH is 2. The van der Waals surface area contributed by atoms with Gasteiger partial charge >= 0.3 is 5.97 Å². The summed E-state index contributed by atoms with van der Waals surface area (Å²) in [6, 6.07) is 11.7. The summed E-state index contributed by atoms with van der Waals surface area (Å²) in [4.78, 5) is 69.1. The molecule has 0 saturated carbocycles. The Bertz CT molecular complexity index is 1860. The third-order valence-corrected chi connectivity index (χ3v) is 8.37. The summed E-state index contributed by atoms with van der Waals surface area (Å²) < 4.78 is 0. The number of amides is 4. The van der Waals surface area contributed by atoms with E-state index >= 15 is 0 Å². The van der Waals surface area contributed by atoms with E-state index in [1.807, 2.05) is 6.07 Å². The van der Waals surface area contributed by atoms with Crippen molar-refractivity contribution in [1.29, 1.82) is 0 Å². The quantitative estimate of drug-likeness (QED) is 0.0652. The molecule has 4 amide bonds. The molecule has 0 spiro atoms. The van der Waals surface area contributed by atoms with Gasteiger partial charge in [-0.2, -0.15) is 0 Å². The van der Waals surface area contributed by atoms with Crippen molar-refractivity contribution < 1.29 is 49.5 Å². The van der Waals surface area contributed by atoms with Crippen LogP contribution in [0.25, 0.3) is 10.9 Å². The molecule has 0 aliphatic heterocycles. The van der Waals surface area contributed by atoms with Crippen molar-refractivity contribution in [3.05, 3.63) is 95.7 Å². The summed E-state index contributed by atoms with van der Waals surface area (Å²) in [7, 11) is 0. The Morgan fingerprint density at radius 3 is 1.58 bits per heavy atom. The fourth-order valence-corrected chi connectivity index (χ4v) is 5.37. The van der Waals surface area contributed by atoms with Gasteiger partial charge < -0.3 is 57.5 Å². The standard InChI is InChI=1S/C36H42N6O10/c1-19(44)31(37)35(50)41-28(15-21-8-12-24(46)13-9-21)33(48)39-27(14-20-6-10-23(45)11-7-20)32(47)40-29(34(49)42-30(18-43)36(51)52)16-22-17-38-26-5-3-2-4-25(22)26/h2-13,17,19,27-31,38,43-46H,14-16,18,37H2,1H3,(H,39,48)(H,40,47)(H,41,50)(H,42,49)(H,51,52)/t19-,27+,28+,29+,30+,31+/m1/s1. The number of fused-ring (bicyclic) bond motifs is 1. The Morgan fingerprint density at radius 2 is 1.12 bits per heavy atom. The summed E-state index contributed by atoms with van der Waals surface area (Å²) in [6.45, 7) is 0.389. The highest BCUT2D eigenvalue weighted by Crippen LogP contribution is 2.20. The summed E-state index contributed by atoms with van der Waals surface area (Å²) in [5.41, 5.74) is 8.19. The lowest BCUT2D eigenvalue weighted by atomic mass is 10.00. The third-order valence-electron chi connectivity index (χ3n) is 8.37. The van der Waals surface area contributed by atoms with Gasteiger partial charge in [0.15, 0.2) is 0 Å². The molecule has 4 rings (SSSR count). The number of H-pyrrole nitrogens is 1. The van der Waals surface area contributed by atoms with Gasteiger partial charge in [0.1, 0.15) is 41.7 Å². The van der Waals surface area contributed by atoms with Crippen LogP contribution in [-0.4, -0.2) is 103 Å². The van der Waals surface area contributed by atoms with E-state index < -0.39 is 72.5 Å². The Labute approximate surface area is 298 Å². The number of hydrogen-bond acceptors (Lipinski definition) is 10. The molecule has 3 aromatic carbocycles. The summed E-state index contributed by atoms with van der Waals surface area (Å²) in [5, 5.41) is 59.2. The number of phenolic OH excluding ortho intramolecular Hbond substituents is 2. The number of aromatic hydroxyl groups is 2. The molecule has 276 valence electrons. The zero-order chi connectivity index (χ0) is 37.9. The SMILES string of the molecule is C[C@@H](O)[C@H](N)C(=O)N[C@@H](Cc1ccc(O)cc1)C(=O)N[C@@H](Cc1ccc(O)cc1)C(=O)N[C@@H](Cc1c[nH]c2ccccc12)C(=O)N[C@@H](CO)C(=O)O. The number of nitrogens with two attached hydrogens (primary N) is 1. The highest BCUT2D eigenvalue weighted by Gasteiger charge is 2.33. The second-order valence-electron chi connectivity index (χ2n) is 12.3. The Morgan fingerprint density at radius 1 is 0.673 bits per heavy atom. The minimum absolute atomic E-state index is 0.0320. The molecule has 1 heterocycles. The van der Waals surface area contributed by atoms with Gasteiger partial charge in [0.05, 0.1) is 12.7 Å². The van der Waals surface area contributed by atoms with Crippen LogP contribution in [0.4, 0.5) is 0 Å². The van der Waals surface area contributed by atoms with Crippen molar-refractivity contribution in [3.63, 3.8) is 0 Å². The van der Waals surface area contributed by atoms with Crippen molar-refractivity contribution in [3.8, 4) is 11.5 Å². The van der Waals surface area contributed by atoms with E-state index in [4.69, 9.17) is 5.73 Å². The predicted octanol–water partition coefficient (Wildman–Crippen LogP) is -0.669. The van der Waals surface area contributed by atoms with Gasteiger partial charge in [-0.1, -0.05) is 42.5 Å². The van der Waals surface area contributed by atoms with Crippen LogP contribution in [0.1, 0.15) is 23.6 Å². The molecule has 0 aliphatic rings.